The van der Waals surface area contributed by atoms with Crippen molar-refractivity contribution in [2.45, 2.75) is 38.8 Å². The molecule has 0 spiro atoms. The number of hydrogen-bond acceptors (Lipinski definition) is 2. The summed E-state index contributed by atoms with van der Waals surface area (Å²) in [6.07, 6.45) is 1.14. The van der Waals surface area contributed by atoms with Gasteiger partial charge >= 0.3 is 0 Å². The molecule has 1 N–H and O–H groups in total. The molecule has 1 saturated heterocycles. The molecule has 0 unspecified atom stereocenters. The zero-order valence-corrected chi connectivity index (χ0v) is 13.6. The van der Waals surface area contributed by atoms with Crippen LogP contribution in [0, 0.1) is 0 Å². The number of benzene rings is 1. The van der Waals surface area contributed by atoms with Crippen molar-refractivity contribution in [2.24, 2.45) is 0 Å². The molecule has 1 heterocycles. The lowest BCUT2D eigenvalue weighted by Crippen LogP contribution is -2.65. The number of nitrogens with one attached hydrogen (secondary N) is 1. The normalized spacial score (nSPS) is 17.8. The number of carbonyl (C=O) groups is 2. The third-order valence-electron chi connectivity index (χ3n) is 3.99. The van der Waals surface area contributed by atoms with Crippen LogP contribution in [0.5, 0.6) is 0 Å². The summed E-state index contributed by atoms with van der Waals surface area (Å²) in [7, 11) is 0. The van der Waals surface area contributed by atoms with Crippen molar-refractivity contribution in [3.8, 4) is 0 Å². The molecule has 0 bridgehead atoms. The molecule has 1 aromatic rings. The van der Waals surface area contributed by atoms with Crippen LogP contribution in [0.4, 0.5) is 0 Å². The predicted molar refractivity (Wildman–Crippen MR) is 83.3 cm³/mol. The van der Waals surface area contributed by atoms with Gasteiger partial charge in [0.05, 0.1) is 6.54 Å². The molecule has 114 valence electrons. The average molecular weight is 329 g/mol. The monoisotopic (exact) mass is 328 g/mol. The van der Waals surface area contributed by atoms with Crippen LogP contribution < -0.4 is 5.32 Å². The Morgan fingerprint density at radius 1 is 1.24 bits per heavy atom. The van der Waals surface area contributed by atoms with Gasteiger partial charge < -0.3 is 10.2 Å². The molecule has 1 aliphatic heterocycles. The second-order valence-corrected chi connectivity index (χ2v) is 6.08. The van der Waals surface area contributed by atoms with Crippen molar-refractivity contribution in [2.75, 3.05) is 6.54 Å². The molecule has 21 heavy (non-hydrogen) atoms. The molecule has 0 saturated carbocycles. The van der Waals surface area contributed by atoms with Gasteiger partial charge in [0.2, 0.25) is 11.8 Å². The maximum atomic E-state index is 12.7. The maximum absolute atomic E-state index is 12.7. The summed E-state index contributed by atoms with van der Waals surface area (Å²) in [4.78, 5) is 26.2. The molecule has 0 atom stereocenters. The fraction of sp³-hybridized carbons (Fsp3) is 0.467. The lowest BCUT2D eigenvalue weighted by atomic mass is 9.88. The van der Waals surface area contributed by atoms with E-state index in [0.29, 0.717) is 29.4 Å². The summed E-state index contributed by atoms with van der Waals surface area (Å²) in [5, 5.41) is 3.88. The SMILES string of the molecule is CCC1(CC)NC(=O)CN(Cc2ccc(Cl)cc2Cl)C1=O. The smallest absolute Gasteiger partial charge is 0.249 e. The van der Waals surface area contributed by atoms with E-state index in [1.807, 2.05) is 13.8 Å². The Morgan fingerprint density at radius 2 is 1.90 bits per heavy atom. The van der Waals surface area contributed by atoms with Gasteiger partial charge in [-0.15, -0.1) is 0 Å². The topological polar surface area (TPSA) is 49.4 Å². The van der Waals surface area contributed by atoms with E-state index in [0.717, 1.165) is 5.56 Å². The van der Waals surface area contributed by atoms with E-state index < -0.39 is 5.54 Å². The third-order valence-corrected chi connectivity index (χ3v) is 4.58. The summed E-state index contributed by atoms with van der Waals surface area (Å²) in [6.45, 7) is 4.17. The fourth-order valence-corrected chi connectivity index (χ4v) is 3.09. The summed E-state index contributed by atoms with van der Waals surface area (Å²) in [6, 6.07) is 5.15. The van der Waals surface area contributed by atoms with Crippen LogP contribution in [-0.4, -0.2) is 28.8 Å². The van der Waals surface area contributed by atoms with Crippen molar-refractivity contribution in [1.82, 2.24) is 10.2 Å². The van der Waals surface area contributed by atoms with Gasteiger partial charge in [-0.05, 0) is 30.5 Å². The first-order valence-electron chi connectivity index (χ1n) is 6.96. The Balaban J connectivity index is 2.26. The molecule has 0 radical (unpaired) electrons. The molecular weight excluding hydrogens is 311 g/mol. The molecule has 4 nitrogen and oxygen atoms in total. The van der Waals surface area contributed by atoms with Crippen molar-refractivity contribution in [1.29, 1.82) is 0 Å². The highest BCUT2D eigenvalue weighted by molar-refractivity contribution is 6.35. The highest BCUT2D eigenvalue weighted by atomic mass is 35.5. The van der Waals surface area contributed by atoms with E-state index in [4.69, 9.17) is 23.2 Å². The quantitative estimate of drug-likeness (QED) is 0.923. The van der Waals surface area contributed by atoms with E-state index >= 15 is 0 Å². The first-order chi connectivity index (χ1) is 9.91. The van der Waals surface area contributed by atoms with E-state index in [-0.39, 0.29) is 18.4 Å². The Kier molecular flexibility index (Phi) is 4.79. The summed E-state index contributed by atoms with van der Waals surface area (Å²) < 4.78 is 0. The van der Waals surface area contributed by atoms with E-state index in [9.17, 15) is 9.59 Å². The molecule has 1 aromatic carbocycles. The molecular formula is C15H18Cl2N2O2. The highest BCUT2D eigenvalue weighted by Crippen LogP contribution is 2.26. The molecule has 0 aromatic heterocycles. The van der Waals surface area contributed by atoms with Gasteiger partial charge in [0, 0.05) is 16.6 Å². The predicted octanol–water partition coefficient (Wildman–Crippen LogP) is 3.01. The second kappa shape index (κ2) is 6.24. The number of piperazine rings is 1. The lowest BCUT2D eigenvalue weighted by molar-refractivity contribution is -0.151. The van der Waals surface area contributed by atoms with Crippen LogP contribution in [-0.2, 0) is 16.1 Å². The van der Waals surface area contributed by atoms with Crippen molar-refractivity contribution >= 4 is 35.0 Å². The van der Waals surface area contributed by atoms with Crippen LogP contribution in [0.3, 0.4) is 0 Å². The number of nitrogens with zero attached hydrogens (tertiary/aromatic N) is 1. The molecule has 1 fully saturated rings. The summed E-state index contributed by atoms with van der Waals surface area (Å²) in [5.41, 5.74) is -0.0148. The standard InChI is InChI=1S/C15H18Cl2N2O2/c1-3-15(4-2)14(21)19(9-13(20)18-15)8-10-5-6-11(16)7-12(10)17/h5-7H,3-4,8-9H2,1-2H3,(H,18,20). The third kappa shape index (κ3) is 3.16. The number of carbonyl (C=O) groups excluding carboxylic acids is 2. The van der Waals surface area contributed by atoms with E-state index in [1.165, 1.54) is 0 Å². The number of halogens is 2. The lowest BCUT2D eigenvalue weighted by Gasteiger charge is -2.41. The average Bonchev–Trinajstić information content (AvgIpc) is 2.45. The highest BCUT2D eigenvalue weighted by Gasteiger charge is 2.43. The van der Waals surface area contributed by atoms with Crippen LogP contribution in [0.2, 0.25) is 10.0 Å². The van der Waals surface area contributed by atoms with Crippen LogP contribution in [0.25, 0.3) is 0 Å². The van der Waals surface area contributed by atoms with Crippen molar-refractivity contribution in [3.63, 3.8) is 0 Å². The van der Waals surface area contributed by atoms with E-state index in [2.05, 4.69) is 5.32 Å². The van der Waals surface area contributed by atoms with Gasteiger partial charge in [-0.1, -0.05) is 43.1 Å². The number of hydrogen-bond donors (Lipinski definition) is 1. The summed E-state index contributed by atoms with van der Waals surface area (Å²) >= 11 is 12.0. The first kappa shape index (κ1) is 16.1. The largest absolute Gasteiger partial charge is 0.340 e. The number of amides is 2. The molecule has 2 amide bonds. The van der Waals surface area contributed by atoms with Gasteiger partial charge in [-0.3, -0.25) is 9.59 Å². The molecule has 6 heteroatoms. The summed E-state index contributed by atoms with van der Waals surface area (Å²) in [5.74, 6) is -0.193. The molecule has 0 aliphatic carbocycles. The van der Waals surface area contributed by atoms with Gasteiger partial charge in [-0.2, -0.15) is 0 Å². The number of rotatable bonds is 4. The maximum Gasteiger partial charge on any atom is 0.249 e. The zero-order valence-electron chi connectivity index (χ0n) is 12.1. The minimum atomic E-state index is -0.797. The van der Waals surface area contributed by atoms with Gasteiger partial charge in [0.1, 0.15) is 5.54 Å². The zero-order chi connectivity index (χ0) is 15.6. The van der Waals surface area contributed by atoms with Crippen LogP contribution in [0.1, 0.15) is 32.3 Å². The van der Waals surface area contributed by atoms with Gasteiger partial charge in [0.15, 0.2) is 0 Å². The van der Waals surface area contributed by atoms with Gasteiger partial charge in [0.25, 0.3) is 0 Å². The second-order valence-electron chi connectivity index (χ2n) is 5.23. The fourth-order valence-electron chi connectivity index (χ4n) is 2.62. The molecule has 2 rings (SSSR count). The Bertz CT molecular complexity index is 571. The van der Waals surface area contributed by atoms with Crippen molar-refractivity contribution in [3.05, 3.63) is 33.8 Å². The van der Waals surface area contributed by atoms with Gasteiger partial charge in [-0.25, -0.2) is 0 Å². The van der Waals surface area contributed by atoms with Crippen LogP contribution in [0.15, 0.2) is 18.2 Å². The van der Waals surface area contributed by atoms with Crippen LogP contribution >= 0.6 is 23.2 Å². The minimum absolute atomic E-state index is 0.0551. The van der Waals surface area contributed by atoms with E-state index in [1.54, 1.807) is 23.1 Å². The minimum Gasteiger partial charge on any atom is -0.340 e. The Labute approximate surface area is 134 Å². The Morgan fingerprint density at radius 3 is 2.48 bits per heavy atom. The Hall–Kier alpha value is -1.26. The molecule has 1 aliphatic rings. The first-order valence-corrected chi connectivity index (χ1v) is 7.71. The van der Waals surface area contributed by atoms with Crippen molar-refractivity contribution < 1.29 is 9.59 Å².